The Hall–Kier alpha value is -1.23. The third-order valence-corrected chi connectivity index (χ3v) is 4.57. The third kappa shape index (κ3) is 3.70. The van der Waals surface area contributed by atoms with E-state index < -0.39 is 11.6 Å². The molecule has 116 valence electrons. The Balaban J connectivity index is 2.24. The monoisotopic (exact) mass is 312 g/mol. The number of hydrogen-bond acceptors (Lipinski definition) is 2. The lowest BCUT2D eigenvalue weighted by Crippen LogP contribution is -2.35. The van der Waals surface area contributed by atoms with Crippen molar-refractivity contribution in [2.45, 2.75) is 45.6 Å². The summed E-state index contributed by atoms with van der Waals surface area (Å²) >= 11 is 4.76. The zero-order chi connectivity index (χ0) is 15.6. The minimum Gasteiger partial charge on any atom is -0.389 e. The average molecular weight is 312 g/mol. The van der Waals surface area contributed by atoms with Gasteiger partial charge in [0.1, 0.15) is 22.3 Å². The van der Waals surface area contributed by atoms with Gasteiger partial charge >= 0.3 is 0 Å². The van der Waals surface area contributed by atoms with E-state index in [0.717, 1.165) is 19.3 Å². The molecule has 2 unspecified atom stereocenters. The van der Waals surface area contributed by atoms with Crippen LogP contribution in [0.2, 0.25) is 0 Å². The molecule has 0 radical (unpaired) electrons. The van der Waals surface area contributed by atoms with E-state index in [-0.39, 0.29) is 22.3 Å². The van der Waals surface area contributed by atoms with Crippen molar-refractivity contribution >= 4 is 22.9 Å². The average Bonchev–Trinajstić information content (AvgIpc) is 2.42. The minimum atomic E-state index is -0.633. The molecule has 0 aliphatic heterocycles. The van der Waals surface area contributed by atoms with Crippen molar-refractivity contribution in [1.29, 1.82) is 0 Å². The van der Waals surface area contributed by atoms with Crippen LogP contribution in [-0.4, -0.2) is 11.0 Å². The van der Waals surface area contributed by atoms with Crippen LogP contribution in [0.1, 0.15) is 45.1 Å². The zero-order valence-electron chi connectivity index (χ0n) is 12.5. The summed E-state index contributed by atoms with van der Waals surface area (Å²) in [7, 11) is 0. The van der Waals surface area contributed by atoms with Crippen molar-refractivity contribution < 1.29 is 8.78 Å². The van der Waals surface area contributed by atoms with Crippen LogP contribution in [-0.2, 0) is 0 Å². The van der Waals surface area contributed by atoms with Gasteiger partial charge in [-0.3, -0.25) is 0 Å². The van der Waals surface area contributed by atoms with Gasteiger partial charge in [0.15, 0.2) is 0 Å². The van der Waals surface area contributed by atoms with Crippen LogP contribution >= 0.6 is 12.2 Å². The number of hydrogen-bond donors (Lipinski definition) is 2. The molecule has 0 saturated heterocycles. The lowest BCUT2D eigenvalue weighted by molar-refractivity contribution is 0.253. The van der Waals surface area contributed by atoms with E-state index in [0.29, 0.717) is 11.8 Å². The van der Waals surface area contributed by atoms with Gasteiger partial charge in [-0.1, -0.05) is 38.9 Å². The van der Waals surface area contributed by atoms with Crippen LogP contribution in [0.4, 0.5) is 14.5 Å². The highest BCUT2D eigenvalue weighted by Crippen LogP contribution is 2.33. The summed E-state index contributed by atoms with van der Waals surface area (Å²) in [5, 5.41) is 3.08. The molecule has 1 aromatic rings. The smallest absolute Gasteiger partial charge is 0.150 e. The van der Waals surface area contributed by atoms with E-state index in [9.17, 15) is 8.78 Å². The van der Waals surface area contributed by atoms with Crippen LogP contribution in [0.5, 0.6) is 0 Å². The minimum absolute atomic E-state index is 0.00271. The van der Waals surface area contributed by atoms with Crippen LogP contribution in [0.25, 0.3) is 0 Å². The summed E-state index contributed by atoms with van der Waals surface area (Å²) < 4.78 is 28.3. The lowest BCUT2D eigenvalue weighted by Gasteiger charge is -2.35. The number of anilines is 1. The van der Waals surface area contributed by atoms with Gasteiger partial charge in [-0.05, 0) is 36.8 Å². The van der Waals surface area contributed by atoms with Crippen LogP contribution in [0, 0.1) is 23.5 Å². The predicted molar refractivity (Wildman–Crippen MR) is 86.5 cm³/mol. The Morgan fingerprint density at radius 1 is 1.24 bits per heavy atom. The molecule has 21 heavy (non-hydrogen) atoms. The first kappa shape index (κ1) is 16.1. The first-order valence-electron chi connectivity index (χ1n) is 7.45. The van der Waals surface area contributed by atoms with Gasteiger partial charge in [0, 0.05) is 11.6 Å². The number of thiocarbonyl (C=S) groups is 1. The molecule has 2 rings (SSSR count). The number of nitrogens with one attached hydrogen (secondary N) is 1. The molecule has 1 aliphatic carbocycles. The first-order chi connectivity index (χ1) is 9.90. The molecule has 3 N–H and O–H groups in total. The summed E-state index contributed by atoms with van der Waals surface area (Å²) in [5.41, 5.74) is 5.58. The second kappa shape index (κ2) is 6.69. The summed E-state index contributed by atoms with van der Waals surface area (Å²) in [6, 6.07) is 2.50. The van der Waals surface area contributed by atoms with Crippen LogP contribution < -0.4 is 11.1 Å². The second-order valence-electron chi connectivity index (χ2n) is 6.12. The molecule has 2 nitrogen and oxygen atoms in total. The highest BCUT2D eigenvalue weighted by atomic mass is 32.1. The Kier molecular flexibility index (Phi) is 5.14. The fourth-order valence-corrected chi connectivity index (χ4v) is 3.29. The molecule has 5 heteroatoms. The standard InChI is InChI=1S/C16H22F2N2S/c1-9(2)11-5-3-4-6-14(11)20-15-12(17)7-10(16(19)21)8-13(15)18/h7-9,11,14,20H,3-6H2,1-2H3,(H2,19,21). The zero-order valence-corrected chi connectivity index (χ0v) is 13.3. The molecular weight excluding hydrogens is 290 g/mol. The molecule has 1 saturated carbocycles. The van der Waals surface area contributed by atoms with Crippen molar-refractivity contribution in [2.24, 2.45) is 17.6 Å². The number of rotatable bonds is 4. The molecule has 1 aliphatic rings. The Labute approximate surface area is 130 Å². The van der Waals surface area contributed by atoms with E-state index in [1.54, 1.807) is 0 Å². The Morgan fingerprint density at radius 3 is 2.33 bits per heavy atom. The highest BCUT2D eigenvalue weighted by molar-refractivity contribution is 7.80. The van der Waals surface area contributed by atoms with Gasteiger partial charge < -0.3 is 11.1 Å². The lowest BCUT2D eigenvalue weighted by atomic mass is 9.77. The molecule has 0 amide bonds. The quantitative estimate of drug-likeness (QED) is 0.817. The molecule has 0 bridgehead atoms. The van der Waals surface area contributed by atoms with E-state index in [2.05, 4.69) is 19.2 Å². The molecule has 1 fully saturated rings. The van der Waals surface area contributed by atoms with Crippen molar-refractivity contribution in [1.82, 2.24) is 0 Å². The van der Waals surface area contributed by atoms with Crippen molar-refractivity contribution in [2.75, 3.05) is 5.32 Å². The van der Waals surface area contributed by atoms with Gasteiger partial charge in [-0.2, -0.15) is 0 Å². The number of nitrogens with two attached hydrogens (primary N) is 1. The van der Waals surface area contributed by atoms with Gasteiger partial charge in [0.05, 0.1) is 0 Å². The Bertz CT molecular complexity index is 508. The van der Waals surface area contributed by atoms with Crippen molar-refractivity contribution in [3.05, 3.63) is 29.3 Å². The van der Waals surface area contributed by atoms with Crippen molar-refractivity contribution in [3.63, 3.8) is 0 Å². The van der Waals surface area contributed by atoms with Gasteiger partial charge in [-0.25, -0.2) is 8.78 Å². The fourth-order valence-electron chi connectivity index (χ4n) is 3.18. The molecule has 1 aromatic carbocycles. The summed E-state index contributed by atoms with van der Waals surface area (Å²) in [6.07, 6.45) is 4.32. The van der Waals surface area contributed by atoms with E-state index in [4.69, 9.17) is 18.0 Å². The maximum Gasteiger partial charge on any atom is 0.150 e. The summed E-state index contributed by atoms with van der Waals surface area (Å²) in [4.78, 5) is -0.00271. The number of halogens is 2. The van der Waals surface area contributed by atoms with Gasteiger partial charge in [0.2, 0.25) is 0 Å². The summed E-state index contributed by atoms with van der Waals surface area (Å²) in [6.45, 7) is 4.32. The first-order valence-corrected chi connectivity index (χ1v) is 7.86. The van der Waals surface area contributed by atoms with E-state index in [1.165, 1.54) is 18.6 Å². The van der Waals surface area contributed by atoms with Crippen molar-refractivity contribution in [3.8, 4) is 0 Å². The SMILES string of the molecule is CC(C)C1CCCCC1Nc1c(F)cc(C(N)=S)cc1F. The maximum absolute atomic E-state index is 14.1. The van der Waals surface area contributed by atoms with E-state index >= 15 is 0 Å². The predicted octanol–water partition coefficient (Wildman–Crippen LogP) is 4.23. The summed E-state index contributed by atoms with van der Waals surface area (Å²) in [5.74, 6) is -0.339. The van der Waals surface area contributed by atoms with E-state index in [1.807, 2.05) is 0 Å². The topological polar surface area (TPSA) is 38.0 Å². The van der Waals surface area contributed by atoms with Crippen LogP contribution in [0.15, 0.2) is 12.1 Å². The number of benzene rings is 1. The molecule has 2 atom stereocenters. The normalized spacial score (nSPS) is 22.3. The highest BCUT2D eigenvalue weighted by Gasteiger charge is 2.28. The fraction of sp³-hybridized carbons (Fsp3) is 0.562. The largest absolute Gasteiger partial charge is 0.389 e. The van der Waals surface area contributed by atoms with Gasteiger partial charge in [0.25, 0.3) is 0 Å². The molecule has 0 heterocycles. The van der Waals surface area contributed by atoms with Crippen LogP contribution in [0.3, 0.4) is 0 Å². The molecule has 0 spiro atoms. The Morgan fingerprint density at radius 2 is 1.81 bits per heavy atom. The second-order valence-corrected chi connectivity index (χ2v) is 6.56. The van der Waals surface area contributed by atoms with Gasteiger partial charge in [-0.15, -0.1) is 0 Å². The molecular formula is C16H22F2N2S. The maximum atomic E-state index is 14.1. The third-order valence-electron chi connectivity index (χ3n) is 4.33. The molecule has 0 aromatic heterocycles.